The lowest BCUT2D eigenvalue weighted by molar-refractivity contribution is 0.302. The Hall–Kier alpha value is -3.10. The quantitative estimate of drug-likeness (QED) is 0.711. The van der Waals surface area contributed by atoms with Crippen LogP contribution in [-0.4, -0.2) is 40.6 Å². The van der Waals surface area contributed by atoms with E-state index in [0.717, 1.165) is 37.3 Å². The van der Waals surface area contributed by atoms with Crippen molar-refractivity contribution in [1.82, 2.24) is 34.5 Å². The van der Waals surface area contributed by atoms with Crippen molar-refractivity contribution in [2.24, 2.45) is 0 Å². The molecule has 3 aromatic heterocycles. The van der Waals surface area contributed by atoms with Crippen LogP contribution in [0.3, 0.4) is 0 Å². The van der Waals surface area contributed by atoms with E-state index in [0.29, 0.717) is 17.8 Å². The summed E-state index contributed by atoms with van der Waals surface area (Å²) in [6.07, 6.45) is 12.3. The van der Waals surface area contributed by atoms with Crippen LogP contribution in [0.15, 0.2) is 41.8 Å². The van der Waals surface area contributed by atoms with E-state index in [4.69, 9.17) is 4.98 Å². The van der Waals surface area contributed by atoms with E-state index in [2.05, 4.69) is 25.5 Å². The summed E-state index contributed by atoms with van der Waals surface area (Å²) >= 11 is 0. The lowest BCUT2D eigenvalue weighted by Crippen LogP contribution is -2.33. The van der Waals surface area contributed by atoms with Gasteiger partial charge in [-0.05, 0) is 50.7 Å². The predicted octanol–water partition coefficient (Wildman–Crippen LogP) is 2.48. The summed E-state index contributed by atoms with van der Waals surface area (Å²) in [4.78, 5) is 25.5. The van der Waals surface area contributed by atoms with Crippen LogP contribution in [0.5, 0.6) is 0 Å². The van der Waals surface area contributed by atoms with Gasteiger partial charge in [0.1, 0.15) is 24.3 Å². The van der Waals surface area contributed by atoms with Crippen LogP contribution >= 0.6 is 0 Å². The van der Waals surface area contributed by atoms with Crippen molar-refractivity contribution < 1.29 is 0 Å². The summed E-state index contributed by atoms with van der Waals surface area (Å²) in [6, 6.07) is 5.62. The Morgan fingerprint density at radius 3 is 2.62 bits per heavy atom. The summed E-state index contributed by atoms with van der Waals surface area (Å²) in [7, 11) is 0. The molecule has 9 nitrogen and oxygen atoms in total. The first kappa shape index (κ1) is 18.0. The first-order valence-corrected chi connectivity index (χ1v) is 10.3. The van der Waals surface area contributed by atoms with Crippen LogP contribution in [0, 0.1) is 0 Å². The molecule has 2 saturated carbocycles. The summed E-state index contributed by atoms with van der Waals surface area (Å²) < 4.78 is 3.17. The molecule has 2 aliphatic carbocycles. The van der Waals surface area contributed by atoms with Gasteiger partial charge in [0.05, 0.1) is 6.04 Å². The molecule has 0 bridgehead atoms. The van der Waals surface area contributed by atoms with E-state index in [1.807, 2.05) is 12.3 Å². The molecule has 0 radical (unpaired) electrons. The van der Waals surface area contributed by atoms with Crippen molar-refractivity contribution in [3.05, 3.63) is 53.2 Å². The number of hydrogen-bond acceptors (Lipinski definition) is 7. The SMILES string of the molecule is O=c1ccc(-n2cncn2)nn1C1CCC(Nc2ccnc(C3CCC3)n2)CC1. The fourth-order valence-corrected chi connectivity index (χ4v) is 4.12. The van der Waals surface area contributed by atoms with Crippen molar-refractivity contribution in [2.75, 3.05) is 5.32 Å². The zero-order valence-electron chi connectivity index (χ0n) is 16.2. The first-order valence-electron chi connectivity index (χ1n) is 10.3. The smallest absolute Gasteiger partial charge is 0.267 e. The first-order chi connectivity index (χ1) is 14.3. The second-order valence-corrected chi connectivity index (χ2v) is 7.89. The molecule has 0 atom stereocenters. The van der Waals surface area contributed by atoms with Crippen LogP contribution in [-0.2, 0) is 0 Å². The van der Waals surface area contributed by atoms with Gasteiger partial charge in [0.15, 0.2) is 5.82 Å². The van der Waals surface area contributed by atoms with Gasteiger partial charge in [-0.2, -0.15) is 5.10 Å². The normalized spacial score (nSPS) is 22.2. The fraction of sp³-hybridized carbons (Fsp3) is 0.500. The zero-order chi connectivity index (χ0) is 19.6. The van der Waals surface area contributed by atoms with E-state index in [1.165, 1.54) is 25.6 Å². The van der Waals surface area contributed by atoms with Crippen LogP contribution in [0.25, 0.3) is 5.82 Å². The minimum atomic E-state index is -0.0776. The molecule has 9 heteroatoms. The van der Waals surface area contributed by atoms with E-state index < -0.39 is 0 Å². The number of aromatic nitrogens is 7. The number of nitrogens with one attached hydrogen (secondary N) is 1. The van der Waals surface area contributed by atoms with E-state index >= 15 is 0 Å². The standard InChI is InChI=1S/C20H24N8O/c29-19-9-8-18(27-13-21-12-23-27)26-28(19)16-6-4-15(5-7-16)24-17-10-11-22-20(25-17)14-2-1-3-14/h8-16H,1-7H2,(H,22,24,25). The highest BCUT2D eigenvalue weighted by atomic mass is 16.1. The van der Waals surface area contributed by atoms with Crippen LogP contribution < -0.4 is 10.9 Å². The van der Waals surface area contributed by atoms with Crippen molar-refractivity contribution in [3.63, 3.8) is 0 Å². The van der Waals surface area contributed by atoms with Crippen LogP contribution in [0.2, 0.25) is 0 Å². The average molecular weight is 392 g/mol. The van der Waals surface area contributed by atoms with Crippen LogP contribution in [0.4, 0.5) is 5.82 Å². The van der Waals surface area contributed by atoms with E-state index in [1.54, 1.807) is 27.8 Å². The molecule has 150 valence electrons. The highest BCUT2D eigenvalue weighted by Crippen LogP contribution is 2.35. The second-order valence-electron chi connectivity index (χ2n) is 7.89. The molecule has 0 amide bonds. The maximum absolute atomic E-state index is 12.4. The number of hydrogen-bond donors (Lipinski definition) is 1. The van der Waals surface area contributed by atoms with Gasteiger partial charge < -0.3 is 5.32 Å². The molecule has 3 heterocycles. The van der Waals surface area contributed by atoms with Gasteiger partial charge in [0.25, 0.3) is 5.56 Å². The Balaban J connectivity index is 1.24. The van der Waals surface area contributed by atoms with Gasteiger partial charge in [-0.3, -0.25) is 4.79 Å². The molecule has 0 aromatic carbocycles. The summed E-state index contributed by atoms with van der Waals surface area (Å²) in [5, 5.41) is 12.2. The molecule has 29 heavy (non-hydrogen) atoms. The molecule has 0 aliphatic heterocycles. The summed E-state index contributed by atoms with van der Waals surface area (Å²) in [5.74, 6) is 3.01. The Bertz CT molecular complexity index is 1020. The highest BCUT2D eigenvalue weighted by molar-refractivity contribution is 5.35. The Labute approximate surface area is 168 Å². The minimum absolute atomic E-state index is 0.0776. The Kier molecular flexibility index (Phi) is 4.79. The number of nitrogens with zero attached hydrogens (tertiary/aromatic N) is 7. The molecule has 0 spiro atoms. The van der Waals surface area contributed by atoms with E-state index in [9.17, 15) is 4.79 Å². The van der Waals surface area contributed by atoms with Gasteiger partial charge in [-0.25, -0.2) is 24.3 Å². The lowest BCUT2D eigenvalue weighted by Gasteiger charge is -2.30. The van der Waals surface area contributed by atoms with Gasteiger partial charge in [-0.15, -0.1) is 5.10 Å². The summed E-state index contributed by atoms with van der Waals surface area (Å²) in [5.41, 5.74) is -0.0776. The molecular weight excluding hydrogens is 368 g/mol. The zero-order valence-corrected chi connectivity index (χ0v) is 16.2. The van der Waals surface area contributed by atoms with Crippen molar-refractivity contribution in [2.45, 2.75) is 62.9 Å². The molecular formula is C20H24N8O. The molecule has 1 N–H and O–H groups in total. The van der Waals surface area contributed by atoms with Gasteiger partial charge in [0, 0.05) is 24.2 Å². The number of rotatable bonds is 5. The lowest BCUT2D eigenvalue weighted by atomic mass is 9.85. The van der Waals surface area contributed by atoms with E-state index in [-0.39, 0.29) is 11.6 Å². The van der Waals surface area contributed by atoms with Gasteiger partial charge in [-0.1, -0.05) is 6.42 Å². The largest absolute Gasteiger partial charge is 0.367 e. The van der Waals surface area contributed by atoms with Gasteiger partial charge >= 0.3 is 0 Å². The monoisotopic (exact) mass is 392 g/mol. The summed E-state index contributed by atoms with van der Waals surface area (Å²) in [6.45, 7) is 0. The maximum atomic E-state index is 12.4. The third kappa shape index (κ3) is 3.76. The predicted molar refractivity (Wildman–Crippen MR) is 107 cm³/mol. The second kappa shape index (κ2) is 7.73. The third-order valence-corrected chi connectivity index (χ3v) is 6.00. The third-order valence-electron chi connectivity index (χ3n) is 6.00. The maximum Gasteiger partial charge on any atom is 0.267 e. The average Bonchev–Trinajstić information content (AvgIpc) is 3.23. The Morgan fingerprint density at radius 2 is 1.90 bits per heavy atom. The Morgan fingerprint density at radius 1 is 1.03 bits per heavy atom. The van der Waals surface area contributed by atoms with Crippen LogP contribution in [0.1, 0.15) is 62.7 Å². The minimum Gasteiger partial charge on any atom is -0.367 e. The topological polar surface area (TPSA) is 103 Å². The molecule has 0 saturated heterocycles. The molecule has 3 aromatic rings. The molecule has 2 fully saturated rings. The van der Waals surface area contributed by atoms with Gasteiger partial charge in [0.2, 0.25) is 0 Å². The number of anilines is 1. The molecule has 0 unspecified atom stereocenters. The van der Waals surface area contributed by atoms with Crippen molar-refractivity contribution in [3.8, 4) is 5.82 Å². The molecule has 2 aliphatic rings. The molecule has 5 rings (SSSR count). The van der Waals surface area contributed by atoms with Crippen molar-refractivity contribution >= 4 is 5.82 Å². The highest BCUT2D eigenvalue weighted by Gasteiger charge is 2.25. The van der Waals surface area contributed by atoms with Crippen molar-refractivity contribution in [1.29, 1.82) is 0 Å². The fourth-order valence-electron chi connectivity index (χ4n) is 4.12.